The van der Waals surface area contributed by atoms with Crippen molar-refractivity contribution in [2.24, 2.45) is 11.8 Å². The Morgan fingerprint density at radius 2 is 1.29 bits per heavy atom. The number of alkyl halides is 3. The van der Waals surface area contributed by atoms with Crippen molar-refractivity contribution in [2.75, 3.05) is 0 Å². The highest BCUT2D eigenvalue weighted by Gasteiger charge is 2.38. The maximum Gasteiger partial charge on any atom is 0.422 e. The summed E-state index contributed by atoms with van der Waals surface area (Å²) in [6.45, 7) is 2.20. The number of aryl methyl sites for hydroxylation is 1. The topological polar surface area (TPSA) is 0 Å². The van der Waals surface area contributed by atoms with Crippen LogP contribution < -0.4 is 0 Å². The molecule has 0 N–H and O–H groups in total. The zero-order valence-electron chi connectivity index (χ0n) is 17.3. The summed E-state index contributed by atoms with van der Waals surface area (Å²) in [5.41, 5.74) is -3.03. The second kappa shape index (κ2) is 9.61. The van der Waals surface area contributed by atoms with Gasteiger partial charge in [0.1, 0.15) is 28.8 Å². The predicted octanol–water partition coefficient (Wildman–Crippen LogP) is 8.47. The second-order valence-electron chi connectivity index (χ2n) is 8.43. The van der Waals surface area contributed by atoms with Crippen molar-refractivity contribution in [1.29, 1.82) is 0 Å². The lowest BCUT2D eigenvalue weighted by molar-refractivity contribution is -0.142. The Morgan fingerprint density at radius 3 is 1.77 bits per heavy atom. The highest BCUT2D eigenvalue weighted by molar-refractivity contribution is 5.66. The first-order chi connectivity index (χ1) is 14.6. The van der Waals surface area contributed by atoms with Crippen molar-refractivity contribution >= 4 is 0 Å². The Balaban J connectivity index is 1.71. The van der Waals surface area contributed by atoms with E-state index in [0.717, 1.165) is 30.9 Å². The van der Waals surface area contributed by atoms with Crippen LogP contribution in [-0.4, -0.2) is 0 Å². The third-order valence-electron chi connectivity index (χ3n) is 6.34. The van der Waals surface area contributed by atoms with Gasteiger partial charge in [0.15, 0.2) is 0 Å². The molecule has 0 spiro atoms. The molecule has 0 amide bonds. The van der Waals surface area contributed by atoms with Gasteiger partial charge in [0.2, 0.25) is 0 Å². The Labute approximate surface area is 177 Å². The van der Waals surface area contributed by atoms with Crippen LogP contribution in [0, 0.1) is 35.1 Å². The molecule has 2 aromatic rings. The summed E-state index contributed by atoms with van der Waals surface area (Å²) in [5, 5.41) is 0. The molecule has 1 fully saturated rings. The lowest BCUT2D eigenvalue weighted by Gasteiger charge is -2.27. The predicted molar refractivity (Wildman–Crippen MR) is 105 cm³/mol. The molecular weight excluding hydrogens is 421 g/mol. The summed E-state index contributed by atoms with van der Waals surface area (Å²) in [6.07, 6.45) is 2.93. The highest BCUT2D eigenvalue weighted by Crippen LogP contribution is 2.37. The van der Waals surface area contributed by atoms with Crippen LogP contribution in [0.2, 0.25) is 0 Å². The van der Waals surface area contributed by atoms with Gasteiger partial charge in [-0.25, -0.2) is 17.6 Å². The average Bonchev–Trinajstić information content (AvgIpc) is 2.66. The van der Waals surface area contributed by atoms with Crippen molar-refractivity contribution in [3.63, 3.8) is 0 Å². The third kappa shape index (κ3) is 5.60. The number of hydrogen-bond donors (Lipinski definition) is 0. The van der Waals surface area contributed by atoms with Gasteiger partial charge in [-0.2, -0.15) is 13.2 Å². The van der Waals surface area contributed by atoms with Gasteiger partial charge in [0.25, 0.3) is 0 Å². The smallest absolute Gasteiger partial charge is 0.206 e. The lowest BCUT2D eigenvalue weighted by Crippen LogP contribution is -2.14. The van der Waals surface area contributed by atoms with Gasteiger partial charge in [0, 0.05) is 0 Å². The van der Waals surface area contributed by atoms with Gasteiger partial charge >= 0.3 is 6.18 Å². The first kappa shape index (κ1) is 23.6. The normalized spacial score (nSPS) is 19.6. The molecule has 7 heteroatoms. The summed E-state index contributed by atoms with van der Waals surface area (Å²) in [5.74, 6) is -4.53. The van der Waals surface area contributed by atoms with E-state index < -0.39 is 46.1 Å². The molecule has 0 radical (unpaired) electrons. The Bertz CT molecular complexity index is 863. The van der Waals surface area contributed by atoms with Crippen LogP contribution in [0.5, 0.6) is 0 Å². The van der Waals surface area contributed by atoms with E-state index in [1.54, 1.807) is 0 Å². The first-order valence-electron chi connectivity index (χ1n) is 10.6. The average molecular weight is 446 g/mol. The third-order valence-corrected chi connectivity index (χ3v) is 6.34. The molecule has 1 aliphatic rings. The molecule has 0 unspecified atom stereocenters. The van der Waals surface area contributed by atoms with E-state index >= 15 is 0 Å². The van der Waals surface area contributed by atoms with E-state index in [1.807, 2.05) is 0 Å². The molecule has 1 aliphatic carbocycles. The lowest BCUT2D eigenvalue weighted by atomic mass is 9.79. The molecule has 0 bridgehead atoms. The van der Waals surface area contributed by atoms with E-state index in [0.29, 0.717) is 30.0 Å². The van der Waals surface area contributed by atoms with Gasteiger partial charge in [-0.05, 0) is 60.1 Å². The Morgan fingerprint density at radius 1 is 0.774 bits per heavy atom. The molecule has 0 atom stereocenters. The van der Waals surface area contributed by atoms with E-state index in [2.05, 4.69) is 6.92 Å². The minimum atomic E-state index is -5.25. The summed E-state index contributed by atoms with van der Waals surface area (Å²) in [4.78, 5) is 0. The molecular formula is C24H25F7. The molecule has 1 saturated carbocycles. The van der Waals surface area contributed by atoms with E-state index in [4.69, 9.17) is 0 Å². The summed E-state index contributed by atoms with van der Waals surface area (Å²) in [6, 6.07) is 2.78. The van der Waals surface area contributed by atoms with Crippen molar-refractivity contribution in [1.82, 2.24) is 0 Å². The molecule has 0 nitrogen and oxygen atoms in total. The minimum Gasteiger partial charge on any atom is -0.206 e. The van der Waals surface area contributed by atoms with Crippen LogP contribution in [0.15, 0.2) is 24.3 Å². The Kier molecular flexibility index (Phi) is 7.32. The van der Waals surface area contributed by atoms with Crippen molar-refractivity contribution in [2.45, 2.75) is 64.5 Å². The minimum absolute atomic E-state index is 0.305. The molecule has 2 aromatic carbocycles. The Hall–Kier alpha value is -2.05. The molecule has 31 heavy (non-hydrogen) atoms. The van der Waals surface area contributed by atoms with Crippen LogP contribution in [0.25, 0.3) is 11.1 Å². The van der Waals surface area contributed by atoms with E-state index in [9.17, 15) is 30.7 Å². The fourth-order valence-corrected chi connectivity index (χ4v) is 4.56. The molecule has 0 aromatic heterocycles. The van der Waals surface area contributed by atoms with Crippen LogP contribution in [-0.2, 0) is 12.6 Å². The first-order valence-corrected chi connectivity index (χ1v) is 10.6. The standard InChI is InChI=1S/C24H25F7/c1-2-14-6-8-15(9-7-14)4-3-5-16-10-18(25)22(19(26)11-16)17-12-20(27)23(21(28)13-17)24(29,30)31/h10-15H,2-9H2,1H3. The van der Waals surface area contributed by atoms with Crippen molar-refractivity contribution in [3.05, 3.63) is 58.7 Å². The maximum absolute atomic E-state index is 14.6. The molecule has 0 saturated heterocycles. The summed E-state index contributed by atoms with van der Waals surface area (Å²) in [7, 11) is 0. The number of rotatable bonds is 6. The highest BCUT2D eigenvalue weighted by atomic mass is 19.4. The second-order valence-corrected chi connectivity index (χ2v) is 8.43. The fraction of sp³-hybridized carbons (Fsp3) is 0.500. The van der Waals surface area contributed by atoms with E-state index in [-0.39, 0.29) is 0 Å². The monoisotopic (exact) mass is 446 g/mol. The van der Waals surface area contributed by atoms with Crippen LogP contribution in [0.3, 0.4) is 0 Å². The largest absolute Gasteiger partial charge is 0.422 e. The van der Waals surface area contributed by atoms with Gasteiger partial charge < -0.3 is 0 Å². The number of halogens is 7. The van der Waals surface area contributed by atoms with Gasteiger partial charge in [-0.1, -0.05) is 45.4 Å². The van der Waals surface area contributed by atoms with Crippen LogP contribution in [0.4, 0.5) is 30.7 Å². The number of hydrogen-bond acceptors (Lipinski definition) is 0. The van der Waals surface area contributed by atoms with Crippen molar-refractivity contribution < 1.29 is 30.7 Å². The summed E-state index contributed by atoms with van der Waals surface area (Å²) >= 11 is 0. The zero-order valence-corrected chi connectivity index (χ0v) is 17.3. The summed E-state index contributed by atoms with van der Waals surface area (Å²) < 4.78 is 94.9. The maximum atomic E-state index is 14.6. The molecule has 3 rings (SSSR count). The zero-order chi connectivity index (χ0) is 22.8. The van der Waals surface area contributed by atoms with Gasteiger partial charge in [-0.15, -0.1) is 0 Å². The van der Waals surface area contributed by atoms with Crippen LogP contribution >= 0.6 is 0 Å². The van der Waals surface area contributed by atoms with E-state index in [1.165, 1.54) is 32.1 Å². The quantitative estimate of drug-likeness (QED) is 0.391. The number of benzene rings is 2. The van der Waals surface area contributed by atoms with Crippen LogP contribution in [0.1, 0.15) is 63.0 Å². The SMILES string of the molecule is CCC1CCC(CCCc2cc(F)c(-c3cc(F)c(C(F)(F)F)c(F)c3)c(F)c2)CC1. The van der Waals surface area contributed by atoms with Gasteiger partial charge in [-0.3, -0.25) is 0 Å². The van der Waals surface area contributed by atoms with Gasteiger partial charge in [0.05, 0.1) is 5.56 Å². The van der Waals surface area contributed by atoms with Crippen molar-refractivity contribution in [3.8, 4) is 11.1 Å². The molecule has 0 heterocycles. The molecule has 0 aliphatic heterocycles. The molecule has 170 valence electrons. The fourth-order valence-electron chi connectivity index (χ4n) is 4.56.